The second kappa shape index (κ2) is 8.51. The molecule has 0 aliphatic rings. The molecule has 0 saturated carbocycles. The molecule has 0 heterocycles. The zero-order chi connectivity index (χ0) is 20.2. The van der Waals surface area contributed by atoms with E-state index in [0.29, 0.717) is 0 Å². The lowest BCUT2D eigenvalue weighted by atomic mass is 10.1. The highest BCUT2D eigenvalue weighted by Gasteiger charge is 2.22. The second-order valence-corrected chi connectivity index (χ2v) is 8.21. The lowest BCUT2D eigenvalue weighted by Gasteiger charge is -2.14. The fourth-order valence-corrected chi connectivity index (χ4v) is 3.35. The van der Waals surface area contributed by atoms with E-state index < -0.39 is 21.9 Å². The van der Waals surface area contributed by atoms with Crippen LogP contribution in [-0.2, 0) is 14.8 Å². The molecule has 144 valence electrons. The van der Waals surface area contributed by atoms with Gasteiger partial charge in [0.2, 0.25) is 10.0 Å². The van der Waals surface area contributed by atoms with Gasteiger partial charge in [-0.2, -0.15) is 0 Å². The summed E-state index contributed by atoms with van der Waals surface area (Å²) in [5, 5.41) is 2.66. The van der Waals surface area contributed by atoms with Crippen molar-refractivity contribution >= 4 is 39.2 Å². The fourth-order valence-electron chi connectivity index (χ4n) is 2.22. The normalized spacial score (nSPS) is 11.3. The predicted octanol–water partition coefficient (Wildman–Crippen LogP) is 3.02. The Morgan fingerprint density at radius 3 is 2.41 bits per heavy atom. The minimum atomic E-state index is -3.73. The molecule has 0 spiro atoms. The van der Waals surface area contributed by atoms with Gasteiger partial charge in [0.1, 0.15) is 0 Å². The molecule has 0 fully saturated rings. The first kappa shape index (κ1) is 20.9. The van der Waals surface area contributed by atoms with Gasteiger partial charge in [-0.15, -0.1) is 0 Å². The second-order valence-electron chi connectivity index (χ2n) is 5.65. The molecule has 2 aromatic carbocycles. The maximum Gasteiger partial charge on any atom is 0.340 e. The maximum absolute atomic E-state index is 12.7. The minimum Gasteiger partial charge on any atom is -0.462 e. The van der Waals surface area contributed by atoms with Crippen LogP contribution in [0.15, 0.2) is 47.4 Å². The van der Waals surface area contributed by atoms with Crippen molar-refractivity contribution < 1.29 is 22.7 Å². The number of halogens is 1. The van der Waals surface area contributed by atoms with E-state index in [1.54, 1.807) is 25.1 Å². The lowest BCUT2D eigenvalue weighted by molar-refractivity contribution is 0.0527. The molecular formula is C18H19ClN2O5S. The number of amides is 1. The third-order valence-electron chi connectivity index (χ3n) is 3.63. The van der Waals surface area contributed by atoms with E-state index in [9.17, 15) is 18.0 Å². The number of carbonyl (C=O) groups is 2. The Morgan fingerprint density at radius 2 is 1.78 bits per heavy atom. The van der Waals surface area contributed by atoms with E-state index in [1.165, 1.54) is 38.4 Å². The fraction of sp³-hybridized carbons (Fsp3) is 0.222. The third-order valence-corrected chi connectivity index (χ3v) is 5.77. The number of anilines is 1. The molecular weight excluding hydrogens is 392 g/mol. The number of rotatable bonds is 6. The Hall–Kier alpha value is -2.42. The number of ether oxygens (including phenoxy) is 1. The summed E-state index contributed by atoms with van der Waals surface area (Å²) in [6.45, 7) is 1.87. The minimum absolute atomic E-state index is 0.0294. The number of sulfonamides is 1. The first-order valence-corrected chi connectivity index (χ1v) is 9.80. The van der Waals surface area contributed by atoms with Gasteiger partial charge in [0.15, 0.2) is 0 Å². The first-order valence-electron chi connectivity index (χ1n) is 7.98. The van der Waals surface area contributed by atoms with Crippen molar-refractivity contribution in [3.8, 4) is 0 Å². The first-order chi connectivity index (χ1) is 12.7. The molecule has 0 unspecified atom stereocenters. The molecule has 27 heavy (non-hydrogen) atoms. The molecule has 0 aromatic heterocycles. The SMILES string of the molecule is CCOC(=O)c1ccccc1NC(=O)c1cc(S(=O)(=O)N(C)C)ccc1Cl. The van der Waals surface area contributed by atoms with Crippen molar-refractivity contribution in [2.75, 3.05) is 26.0 Å². The van der Waals surface area contributed by atoms with Gasteiger partial charge >= 0.3 is 5.97 Å². The van der Waals surface area contributed by atoms with Crippen molar-refractivity contribution in [3.05, 3.63) is 58.6 Å². The van der Waals surface area contributed by atoms with E-state index >= 15 is 0 Å². The van der Waals surface area contributed by atoms with Crippen LogP contribution in [0.5, 0.6) is 0 Å². The van der Waals surface area contributed by atoms with Gasteiger partial charge in [-0.05, 0) is 37.3 Å². The van der Waals surface area contributed by atoms with Crippen molar-refractivity contribution in [1.29, 1.82) is 0 Å². The molecule has 0 atom stereocenters. The number of esters is 1. The average Bonchev–Trinajstić information content (AvgIpc) is 2.62. The number of hydrogen-bond acceptors (Lipinski definition) is 5. The van der Waals surface area contributed by atoms with Crippen LogP contribution in [0.4, 0.5) is 5.69 Å². The zero-order valence-corrected chi connectivity index (χ0v) is 16.6. The molecule has 2 rings (SSSR count). The van der Waals surface area contributed by atoms with Crippen molar-refractivity contribution in [1.82, 2.24) is 4.31 Å². The smallest absolute Gasteiger partial charge is 0.340 e. The van der Waals surface area contributed by atoms with Crippen LogP contribution in [0.1, 0.15) is 27.6 Å². The summed E-state index contributed by atoms with van der Waals surface area (Å²) in [7, 11) is -0.955. The number of para-hydroxylation sites is 1. The van der Waals surface area contributed by atoms with Crippen LogP contribution in [0.2, 0.25) is 5.02 Å². The van der Waals surface area contributed by atoms with Gasteiger partial charge in [-0.1, -0.05) is 23.7 Å². The predicted molar refractivity (Wildman–Crippen MR) is 103 cm³/mol. The van der Waals surface area contributed by atoms with Gasteiger partial charge in [0.05, 0.1) is 33.3 Å². The Labute approximate surface area is 162 Å². The van der Waals surface area contributed by atoms with E-state index in [-0.39, 0.29) is 33.3 Å². The average molecular weight is 411 g/mol. The van der Waals surface area contributed by atoms with Crippen molar-refractivity contribution in [2.45, 2.75) is 11.8 Å². The molecule has 1 N–H and O–H groups in total. The number of nitrogens with one attached hydrogen (secondary N) is 1. The van der Waals surface area contributed by atoms with Gasteiger partial charge in [-0.25, -0.2) is 17.5 Å². The molecule has 9 heteroatoms. The van der Waals surface area contributed by atoms with E-state index in [4.69, 9.17) is 16.3 Å². The molecule has 1 amide bonds. The molecule has 0 bridgehead atoms. The molecule has 0 saturated heterocycles. The van der Waals surface area contributed by atoms with Crippen LogP contribution < -0.4 is 5.32 Å². The topological polar surface area (TPSA) is 92.8 Å². The summed E-state index contributed by atoms with van der Waals surface area (Å²) in [6, 6.07) is 10.2. The number of hydrogen-bond donors (Lipinski definition) is 1. The molecule has 7 nitrogen and oxygen atoms in total. The summed E-state index contributed by atoms with van der Waals surface area (Å²) < 4.78 is 30.6. The van der Waals surface area contributed by atoms with Crippen LogP contribution in [0.3, 0.4) is 0 Å². The van der Waals surface area contributed by atoms with Crippen molar-refractivity contribution in [3.63, 3.8) is 0 Å². The van der Waals surface area contributed by atoms with E-state index in [2.05, 4.69) is 5.32 Å². The Bertz CT molecular complexity index is 973. The highest BCUT2D eigenvalue weighted by atomic mass is 35.5. The van der Waals surface area contributed by atoms with Gasteiger partial charge < -0.3 is 10.1 Å². The summed E-state index contributed by atoms with van der Waals surface area (Å²) in [5.74, 6) is -1.23. The molecule has 0 radical (unpaired) electrons. The Balaban J connectivity index is 2.39. The number of nitrogens with zero attached hydrogens (tertiary/aromatic N) is 1. The Morgan fingerprint density at radius 1 is 1.11 bits per heavy atom. The highest BCUT2D eigenvalue weighted by molar-refractivity contribution is 7.89. The number of benzene rings is 2. The van der Waals surface area contributed by atoms with Crippen LogP contribution >= 0.6 is 11.6 Å². The van der Waals surface area contributed by atoms with Crippen LogP contribution in [-0.4, -0.2) is 45.3 Å². The molecule has 0 aliphatic heterocycles. The highest BCUT2D eigenvalue weighted by Crippen LogP contribution is 2.24. The molecule has 2 aromatic rings. The zero-order valence-electron chi connectivity index (χ0n) is 15.0. The van der Waals surface area contributed by atoms with Crippen LogP contribution in [0, 0.1) is 0 Å². The number of carbonyl (C=O) groups excluding carboxylic acids is 2. The van der Waals surface area contributed by atoms with Crippen molar-refractivity contribution in [2.24, 2.45) is 0 Å². The quantitative estimate of drug-likeness (QED) is 0.739. The Kier molecular flexibility index (Phi) is 6.59. The monoisotopic (exact) mass is 410 g/mol. The van der Waals surface area contributed by atoms with E-state index in [1.807, 2.05) is 0 Å². The maximum atomic E-state index is 12.7. The van der Waals surface area contributed by atoms with E-state index in [0.717, 1.165) is 4.31 Å². The summed E-state index contributed by atoms with van der Waals surface area (Å²) in [5.41, 5.74) is 0.386. The lowest BCUT2D eigenvalue weighted by Crippen LogP contribution is -2.23. The van der Waals surface area contributed by atoms with Crippen LogP contribution in [0.25, 0.3) is 0 Å². The standard InChI is InChI=1S/C18H19ClN2O5S/c1-4-26-18(23)13-7-5-6-8-16(13)20-17(22)14-11-12(9-10-15(14)19)27(24,25)21(2)3/h5-11H,4H2,1-3H3,(H,20,22). The largest absolute Gasteiger partial charge is 0.462 e. The third kappa shape index (κ3) is 4.65. The van der Waals surface area contributed by atoms with Gasteiger partial charge in [0.25, 0.3) is 5.91 Å². The summed E-state index contributed by atoms with van der Waals surface area (Å²) >= 11 is 6.08. The van der Waals surface area contributed by atoms with Gasteiger partial charge in [-0.3, -0.25) is 4.79 Å². The summed E-state index contributed by atoms with van der Waals surface area (Å²) in [4.78, 5) is 24.6. The summed E-state index contributed by atoms with van der Waals surface area (Å²) in [6.07, 6.45) is 0. The molecule has 0 aliphatic carbocycles. The van der Waals surface area contributed by atoms with Gasteiger partial charge in [0, 0.05) is 14.1 Å².